The van der Waals surface area contributed by atoms with E-state index in [2.05, 4.69) is 25.3 Å². The second kappa shape index (κ2) is 6.45. The maximum Gasteiger partial charge on any atom is 0.226 e. The molecule has 2 aromatic rings. The molecule has 0 aliphatic carbocycles. The molecule has 8 nitrogen and oxygen atoms in total. The molecule has 0 saturated carbocycles. The van der Waals surface area contributed by atoms with Gasteiger partial charge in [-0.25, -0.2) is 4.98 Å². The van der Waals surface area contributed by atoms with Gasteiger partial charge in [0.2, 0.25) is 11.2 Å². The van der Waals surface area contributed by atoms with Gasteiger partial charge in [-0.05, 0) is 24.4 Å². The summed E-state index contributed by atoms with van der Waals surface area (Å²) < 4.78 is 0. The first-order valence-corrected chi connectivity index (χ1v) is 7.57. The van der Waals surface area contributed by atoms with Crippen LogP contribution in [0, 0.1) is 5.92 Å². The Morgan fingerprint density at radius 1 is 1.55 bits per heavy atom. The molecule has 0 unspecified atom stereocenters. The number of amides is 1. The van der Waals surface area contributed by atoms with E-state index in [1.54, 1.807) is 6.33 Å². The summed E-state index contributed by atoms with van der Waals surface area (Å²) in [5.74, 6) is 0.499. The number of rotatable bonds is 4. The van der Waals surface area contributed by atoms with E-state index in [1.807, 2.05) is 4.90 Å². The molecular formula is C13H17ClN6O2. The molecule has 0 bridgehead atoms. The van der Waals surface area contributed by atoms with Crippen molar-refractivity contribution in [2.75, 3.05) is 31.1 Å². The fourth-order valence-electron chi connectivity index (χ4n) is 2.73. The molecule has 3 N–H and O–H groups in total. The van der Waals surface area contributed by atoms with Crippen LogP contribution in [0.5, 0.6) is 0 Å². The molecule has 3 heterocycles. The summed E-state index contributed by atoms with van der Waals surface area (Å²) in [6, 6.07) is 0. The highest BCUT2D eigenvalue weighted by atomic mass is 35.5. The summed E-state index contributed by atoms with van der Waals surface area (Å²) in [6.45, 7) is 1.57. The van der Waals surface area contributed by atoms with Crippen LogP contribution < -0.4 is 10.2 Å². The minimum Gasteiger partial charge on any atom is -0.395 e. The lowest BCUT2D eigenvalue weighted by Crippen LogP contribution is -2.44. The largest absolute Gasteiger partial charge is 0.395 e. The van der Waals surface area contributed by atoms with Crippen molar-refractivity contribution >= 4 is 34.5 Å². The number of H-pyrrole nitrogens is 1. The Balaban J connectivity index is 1.81. The van der Waals surface area contributed by atoms with Gasteiger partial charge in [-0.15, -0.1) is 0 Å². The summed E-state index contributed by atoms with van der Waals surface area (Å²) in [7, 11) is 0. The normalized spacial score (nSPS) is 18.6. The molecule has 1 amide bonds. The molecule has 9 heteroatoms. The molecule has 0 aromatic carbocycles. The quantitative estimate of drug-likeness (QED) is 0.700. The Bertz CT molecular complexity index is 676. The van der Waals surface area contributed by atoms with Crippen LogP contribution in [0.4, 0.5) is 5.82 Å². The lowest BCUT2D eigenvalue weighted by Gasteiger charge is -2.32. The zero-order valence-corrected chi connectivity index (χ0v) is 12.7. The number of aromatic nitrogens is 4. The van der Waals surface area contributed by atoms with Gasteiger partial charge in [-0.3, -0.25) is 4.79 Å². The van der Waals surface area contributed by atoms with E-state index in [9.17, 15) is 4.79 Å². The SMILES string of the molecule is O=C(NCCO)[C@@H]1CCCN(c2nc(Cl)nc3nc[nH]c23)C1. The van der Waals surface area contributed by atoms with Crippen molar-refractivity contribution < 1.29 is 9.90 Å². The number of aliphatic hydroxyl groups excluding tert-OH is 1. The Kier molecular flexibility index (Phi) is 4.39. The number of carbonyl (C=O) groups is 1. The first kappa shape index (κ1) is 15.0. The molecule has 118 valence electrons. The minimum atomic E-state index is -0.132. The van der Waals surface area contributed by atoms with E-state index >= 15 is 0 Å². The summed E-state index contributed by atoms with van der Waals surface area (Å²) in [5.41, 5.74) is 1.24. The highest BCUT2D eigenvalue weighted by Crippen LogP contribution is 2.27. The number of aliphatic hydroxyl groups is 1. The average molecular weight is 325 g/mol. The third kappa shape index (κ3) is 2.97. The Hall–Kier alpha value is -1.93. The first-order chi connectivity index (χ1) is 10.7. The number of hydrogen-bond acceptors (Lipinski definition) is 6. The maximum absolute atomic E-state index is 12.1. The van der Waals surface area contributed by atoms with Gasteiger partial charge in [-0.2, -0.15) is 9.97 Å². The number of nitrogens with one attached hydrogen (secondary N) is 2. The number of piperidine rings is 1. The zero-order valence-electron chi connectivity index (χ0n) is 11.9. The van der Waals surface area contributed by atoms with Crippen molar-refractivity contribution in [2.45, 2.75) is 12.8 Å². The second-order valence-electron chi connectivity index (χ2n) is 5.22. The zero-order chi connectivity index (χ0) is 15.5. The molecule has 1 aliphatic heterocycles. The lowest BCUT2D eigenvalue weighted by atomic mass is 9.97. The maximum atomic E-state index is 12.1. The van der Waals surface area contributed by atoms with E-state index in [1.165, 1.54) is 0 Å². The van der Waals surface area contributed by atoms with Crippen molar-refractivity contribution in [3.8, 4) is 0 Å². The van der Waals surface area contributed by atoms with Crippen LogP contribution in [0.1, 0.15) is 12.8 Å². The summed E-state index contributed by atoms with van der Waals surface area (Å²) >= 11 is 5.96. The molecule has 1 fully saturated rings. The van der Waals surface area contributed by atoms with Gasteiger partial charge in [-0.1, -0.05) is 0 Å². The van der Waals surface area contributed by atoms with E-state index in [0.717, 1.165) is 24.9 Å². The van der Waals surface area contributed by atoms with E-state index < -0.39 is 0 Å². The van der Waals surface area contributed by atoms with Gasteiger partial charge < -0.3 is 20.3 Å². The number of nitrogens with zero attached hydrogens (tertiary/aromatic N) is 4. The Morgan fingerprint density at radius 2 is 2.41 bits per heavy atom. The standard InChI is InChI=1S/C13H17ClN6O2/c14-13-18-10-9(16-7-17-10)11(19-13)20-4-1-2-8(6-20)12(22)15-3-5-21/h7-8,21H,1-6H2,(H,15,22)(H,16,17,18,19)/t8-/m1/s1. The van der Waals surface area contributed by atoms with Crippen LogP contribution in [-0.4, -0.2) is 57.2 Å². The average Bonchev–Trinajstić information content (AvgIpc) is 3.00. The van der Waals surface area contributed by atoms with Gasteiger partial charge in [0.1, 0.15) is 5.52 Å². The van der Waals surface area contributed by atoms with Crippen LogP contribution in [-0.2, 0) is 4.79 Å². The highest BCUT2D eigenvalue weighted by Gasteiger charge is 2.28. The number of hydrogen-bond donors (Lipinski definition) is 3. The van der Waals surface area contributed by atoms with E-state index in [4.69, 9.17) is 16.7 Å². The van der Waals surface area contributed by atoms with Crippen molar-refractivity contribution in [3.63, 3.8) is 0 Å². The van der Waals surface area contributed by atoms with Crippen LogP contribution in [0.2, 0.25) is 5.28 Å². The monoisotopic (exact) mass is 324 g/mol. The highest BCUT2D eigenvalue weighted by molar-refractivity contribution is 6.28. The van der Waals surface area contributed by atoms with Crippen molar-refractivity contribution in [1.82, 2.24) is 25.3 Å². The molecule has 1 atom stereocenters. The molecule has 0 spiro atoms. The topological polar surface area (TPSA) is 107 Å². The van der Waals surface area contributed by atoms with Gasteiger partial charge in [0.25, 0.3) is 0 Å². The molecular weight excluding hydrogens is 308 g/mol. The van der Waals surface area contributed by atoms with Crippen LogP contribution in [0.3, 0.4) is 0 Å². The fourth-order valence-corrected chi connectivity index (χ4v) is 2.89. The van der Waals surface area contributed by atoms with Gasteiger partial charge in [0.05, 0.1) is 18.9 Å². The van der Waals surface area contributed by atoms with Crippen LogP contribution in [0.15, 0.2) is 6.33 Å². The van der Waals surface area contributed by atoms with Gasteiger partial charge in [0.15, 0.2) is 11.5 Å². The van der Waals surface area contributed by atoms with Gasteiger partial charge in [0, 0.05) is 19.6 Å². The fraction of sp³-hybridized carbons (Fsp3) is 0.538. The van der Waals surface area contributed by atoms with Crippen molar-refractivity contribution in [1.29, 1.82) is 0 Å². The smallest absolute Gasteiger partial charge is 0.226 e. The van der Waals surface area contributed by atoms with Crippen molar-refractivity contribution in [2.24, 2.45) is 5.92 Å². The molecule has 0 radical (unpaired) electrons. The first-order valence-electron chi connectivity index (χ1n) is 7.19. The number of imidazole rings is 1. The minimum absolute atomic E-state index is 0.0419. The summed E-state index contributed by atoms with van der Waals surface area (Å²) in [5, 5.41) is 11.7. The third-order valence-corrected chi connectivity index (χ3v) is 3.91. The van der Waals surface area contributed by atoms with Crippen LogP contribution in [0.25, 0.3) is 11.2 Å². The number of anilines is 1. The Labute approximate surface area is 131 Å². The van der Waals surface area contributed by atoms with Gasteiger partial charge >= 0.3 is 0 Å². The summed E-state index contributed by atoms with van der Waals surface area (Å²) in [4.78, 5) is 29.6. The van der Waals surface area contributed by atoms with E-state index in [0.29, 0.717) is 18.0 Å². The predicted molar refractivity (Wildman–Crippen MR) is 81.7 cm³/mol. The second-order valence-corrected chi connectivity index (χ2v) is 5.56. The molecule has 22 heavy (non-hydrogen) atoms. The molecule has 1 aliphatic rings. The third-order valence-electron chi connectivity index (χ3n) is 3.74. The lowest BCUT2D eigenvalue weighted by molar-refractivity contribution is -0.125. The van der Waals surface area contributed by atoms with Crippen LogP contribution >= 0.6 is 11.6 Å². The molecule has 2 aromatic heterocycles. The van der Waals surface area contributed by atoms with E-state index in [-0.39, 0.29) is 30.3 Å². The summed E-state index contributed by atoms with van der Waals surface area (Å²) in [6.07, 6.45) is 3.25. The number of halogens is 1. The predicted octanol–water partition coefficient (Wildman–Crippen LogP) is 0.331. The number of carbonyl (C=O) groups excluding carboxylic acids is 1. The number of aromatic amines is 1. The Morgan fingerprint density at radius 3 is 3.23 bits per heavy atom. The molecule has 3 rings (SSSR count). The van der Waals surface area contributed by atoms with Crippen molar-refractivity contribution in [3.05, 3.63) is 11.6 Å². The number of fused-ring (bicyclic) bond motifs is 1. The molecule has 1 saturated heterocycles.